The predicted molar refractivity (Wildman–Crippen MR) is 107 cm³/mol. The molecule has 2 aromatic heterocycles. The highest BCUT2D eigenvalue weighted by molar-refractivity contribution is 7.90. The highest BCUT2D eigenvalue weighted by Crippen LogP contribution is 2.29. The molecule has 2 heterocycles. The number of halogens is 1. The maximum atomic E-state index is 13.3. The first kappa shape index (κ1) is 20.2. The van der Waals surface area contributed by atoms with Gasteiger partial charge in [0.25, 0.3) is 0 Å². The molecule has 1 fully saturated rings. The molecule has 1 aliphatic carbocycles. The van der Waals surface area contributed by atoms with E-state index in [1.54, 1.807) is 26.0 Å². The summed E-state index contributed by atoms with van der Waals surface area (Å²) >= 11 is 1.49. The van der Waals surface area contributed by atoms with E-state index in [1.165, 1.54) is 17.4 Å². The van der Waals surface area contributed by atoms with Crippen LogP contribution in [0.15, 0.2) is 23.6 Å². The van der Waals surface area contributed by atoms with Crippen molar-refractivity contribution in [1.29, 1.82) is 0 Å². The van der Waals surface area contributed by atoms with Crippen LogP contribution >= 0.6 is 11.3 Å². The maximum absolute atomic E-state index is 13.3. The normalized spacial score (nSPS) is 20.7. The SMILES string of the molecule is CC(C)S(=O)(=O)NC[C@H]1CC[C@H](Nc2nc(-c3cccc(F)n3)cs2)CC1. The van der Waals surface area contributed by atoms with Gasteiger partial charge in [0.05, 0.1) is 10.9 Å². The van der Waals surface area contributed by atoms with Crippen molar-refractivity contribution in [2.45, 2.75) is 50.8 Å². The fourth-order valence-electron chi connectivity index (χ4n) is 3.09. The second-order valence-corrected chi connectivity index (χ2v) is 10.4. The summed E-state index contributed by atoms with van der Waals surface area (Å²) in [5.41, 5.74) is 1.19. The molecule has 148 valence electrons. The molecule has 0 radical (unpaired) electrons. The summed E-state index contributed by atoms with van der Waals surface area (Å²) in [5, 5.41) is 5.72. The van der Waals surface area contributed by atoms with E-state index in [0.29, 0.717) is 29.9 Å². The number of rotatable bonds is 7. The molecule has 9 heteroatoms. The smallest absolute Gasteiger partial charge is 0.213 e. The Morgan fingerprint density at radius 1 is 1.19 bits per heavy atom. The first-order chi connectivity index (χ1) is 12.8. The second kappa shape index (κ2) is 8.62. The van der Waals surface area contributed by atoms with Crippen LogP contribution in [0.2, 0.25) is 0 Å². The largest absolute Gasteiger partial charge is 0.359 e. The first-order valence-corrected chi connectivity index (χ1v) is 11.6. The van der Waals surface area contributed by atoms with E-state index in [-0.39, 0.29) is 0 Å². The maximum Gasteiger partial charge on any atom is 0.213 e. The van der Waals surface area contributed by atoms with Crippen LogP contribution in [0, 0.1) is 11.9 Å². The van der Waals surface area contributed by atoms with Gasteiger partial charge in [-0.2, -0.15) is 4.39 Å². The lowest BCUT2D eigenvalue weighted by Crippen LogP contribution is -2.37. The quantitative estimate of drug-likeness (QED) is 0.678. The van der Waals surface area contributed by atoms with Gasteiger partial charge >= 0.3 is 0 Å². The highest BCUT2D eigenvalue weighted by atomic mass is 32.2. The number of hydrogen-bond acceptors (Lipinski definition) is 6. The number of hydrogen-bond donors (Lipinski definition) is 2. The molecule has 0 spiro atoms. The summed E-state index contributed by atoms with van der Waals surface area (Å²) in [7, 11) is -3.19. The molecule has 0 aliphatic heterocycles. The number of aromatic nitrogens is 2. The van der Waals surface area contributed by atoms with Crippen LogP contribution < -0.4 is 10.0 Å². The summed E-state index contributed by atoms with van der Waals surface area (Å²) in [6, 6.07) is 5.00. The molecule has 6 nitrogen and oxygen atoms in total. The van der Waals surface area contributed by atoms with Crippen molar-refractivity contribution in [1.82, 2.24) is 14.7 Å². The van der Waals surface area contributed by atoms with Crippen LogP contribution in [0.3, 0.4) is 0 Å². The number of thiazole rings is 1. The fourth-order valence-corrected chi connectivity index (χ4v) is 4.68. The van der Waals surface area contributed by atoms with Crippen LogP contribution in [0.1, 0.15) is 39.5 Å². The molecule has 27 heavy (non-hydrogen) atoms. The van der Waals surface area contributed by atoms with E-state index >= 15 is 0 Å². The van der Waals surface area contributed by atoms with Gasteiger partial charge in [0.15, 0.2) is 5.13 Å². The van der Waals surface area contributed by atoms with E-state index in [2.05, 4.69) is 20.0 Å². The summed E-state index contributed by atoms with van der Waals surface area (Å²) in [6.45, 7) is 3.88. The summed E-state index contributed by atoms with van der Waals surface area (Å²) in [6.07, 6.45) is 3.90. The van der Waals surface area contributed by atoms with Gasteiger partial charge in [0, 0.05) is 18.0 Å². The van der Waals surface area contributed by atoms with Crippen molar-refractivity contribution in [3.8, 4) is 11.4 Å². The van der Waals surface area contributed by atoms with Crippen molar-refractivity contribution in [3.05, 3.63) is 29.5 Å². The van der Waals surface area contributed by atoms with Gasteiger partial charge in [-0.05, 0) is 57.6 Å². The monoisotopic (exact) mass is 412 g/mol. The van der Waals surface area contributed by atoms with E-state index in [1.807, 2.05) is 5.38 Å². The molecule has 2 N–H and O–H groups in total. The van der Waals surface area contributed by atoms with Crippen LogP contribution in [-0.4, -0.2) is 36.2 Å². The molecule has 0 unspecified atom stereocenters. The average Bonchev–Trinajstić information content (AvgIpc) is 3.10. The van der Waals surface area contributed by atoms with Gasteiger partial charge in [-0.1, -0.05) is 6.07 Å². The fraction of sp³-hybridized carbons (Fsp3) is 0.556. The minimum atomic E-state index is -3.19. The molecule has 1 aliphatic rings. The third-order valence-corrected chi connectivity index (χ3v) is 7.43. The lowest BCUT2D eigenvalue weighted by molar-refractivity contribution is 0.337. The number of sulfonamides is 1. The van der Waals surface area contributed by atoms with Gasteiger partial charge < -0.3 is 5.32 Å². The number of anilines is 1. The number of pyridine rings is 1. The summed E-state index contributed by atoms with van der Waals surface area (Å²) in [4.78, 5) is 8.37. The molecule has 3 rings (SSSR count). The Kier molecular flexibility index (Phi) is 6.44. The standard InChI is InChI=1S/C18H25FN4O2S2/c1-12(2)27(24,25)20-10-13-6-8-14(9-7-13)21-18-23-16(11-26-18)15-4-3-5-17(19)22-15/h3-5,11-14,20H,6-10H2,1-2H3,(H,21,23)/t13-,14-. The van der Waals surface area contributed by atoms with Crippen molar-refractivity contribution in [3.63, 3.8) is 0 Å². The van der Waals surface area contributed by atoms with Crippen LogP contribution in [0.5, 0.6) is 0 Å². The zero-order valence-corrected chi connectivity index (χ0v) is 17.1. The van der Waals surface area contributed by atoms with Gasteiger partial charge in [-0.3, -0.25) is 0 Å². The third kappa shape index (κ3) is 5.46. The Morgan fingerprint density at radius 3 is 2.59 bits per heavy atom. The Morgan fingerprint density at radius 2 is 1.93 bits per heavy atom. The van der Waals surface area contributed by atoms with Crippen LogP contribution in [-0.2, 0) is 10.0 Å². The molecule has 0 saturated heterocycles. The van der Waals surface area contributed by atoms with Crippen molar-refractivity contribution >= 4 is 26.5 Å². The average molecular weight is 413 g/mol. The molecule has 0 amide bonds. The Labute approximate surface area is 163 Å². The number of nitrogens with one attached hydrogen (secondary N) is 2. The van der Waals surface area contributed by atoms with E-state index in [9.17, 15) is 12.8 Å². The predicted octanol–water partition coefficient (Wildman–Crippen LogP) is 3.64. The lowest BCUT2D eigenvalue weighted by atomic mass is 9.86. The zero-order chi connectivity index (χ0) is 19.4. The van der Waals surface area contributed by atoms with Crippen LogP contribution in [0.25, 0.3) is 11.4 Å². The molecule has 0 aromatic carbocycles. The van der Waals surface area contributed by atoms with E-state index in [4.69, 9.17) is 0 Å². The highest BCUT2D eigenvalue weighted by Gasteiger charge is 2.24. The van der Waals surface area contributed by atoms with Crippen molar-refractivity contribution < 1.29 is 12.8 Å². The van der Waals surface area contributed by atoms with Crippen LogP contribution in [0.4, 0.5) is 9.52 Å². The third-order valence-electron chi connectivity index (χ3n) is 4.85. The topological polar surface area (TPSA) is 84.0 Å². The molecule has 2 aromatic rings. The van der Waals surface area contributed by atoms with Gasteiger partial charge in [0.2, 0.25) is 16.0 Å². The minimum Gasteiger partial charge on any atom is -0.359 e. The summed E-state index contributed by atoms with van der Waals surface area (Å²) < 4.78 is 39.7. The Balaban J connectivity index is 1.49. The van der Waals surface area contributed by atoms with E-state index < -0.39 is 21.2 Å². The Bertz CT molecular complexity index is 862. The number of nitrogens with zero attached hydrogens (tertiary/aromatic N) is 2. The molecular formula is C18H25FN4O2S2. The summed E-state index contributed by atoms with van der Waals surface area (Å²) in [5.74, 6) is -0.138. The van der Waals surface area contributed by atoms with E-state index in [0.717, 1.165) is 30.8 Å². The van der Waals surface area contributed by atoms with Crippen molar-refractivity contribution in [2.75, 3.05) is 11.9 Å². The van der Waals surface area contributed by atoms with Crippen molar-refractivity contribution in [2.24, 2.45) is 5.92 Å². The second-order valence-electron chi connectivity index (χ2n) is 7.19. The van der Waals surface area contributed by atoms with Gasteiger partial charge in [-0.25, -0.2) is 23.1 Å². The molecule has 0 bridgehead atoms. The Hall–Kier alpha value is -1.58. The molecule has 1 saturated carbocycles. The lowest BCUT2D eigenvalue weighted by Gasteiger charge is -2.29. The van der Waals surface area contributed by atoms with Gasteiger partial charge in [-0.15, -0.1) is 11.3 Å². The minimum absolute atomic E-state index is 0.322. The van der Waals surface area contributed by atoms with Gasteiger partial charge in [0.1, 0.15) is 5.69 Å². The zero-order valence-electron chi connectivity index (χ0n) is 15.5. The molecular weight excluding hydrogens is 387 g/mol. The first-order valence-electron chi connectivity index (χ1n) is 9.17. The molecule has 0 atom stereocenters.